The molecular weight excluding hydrogens is 406 g/mol. The van der Waals surface area contributed by atoms with Crippen LogP contribution in [0, 0.1) is 0 Å². The Labute approximate surface area is 150 Å². The molecule has 0 aromatic heterocycles. The van der Waals surface area contributed by atoms with Gasteiger partial charge in [0.05, 0.1) is 0 Å². The summed E-state index contributed by atoms with van der Waals surface area (Å²) >= 11 is 0. The SMILES string of the molecule is CCOCC.O=S(=O)([O-])[O-].O=S(=O)([O-])[O-].O=S(=O)([O-])[O-].[Al+3].[Al+3]. The van der Waals surface area contributed by atoms with E-state index in [2.05, 4.69) is 0 Å². The molecule has 18 heteroatoms. The van der Waals surface area contributed by atoms with E-state index in [0.29, 0.717) is 0 Å². The third-order valence-corrected chi connectivity index (χ3v) is 0.408. The maximum Gasteiger partial charge on any atom is 3.00 e. The van der Waals surface area contributed by atoms with Crippen LogP contribution >= 0.6 is 0 Å². The molecule has 0 saturated heterocycles. The maximum absolute atomic E-state index is 8.52. The minimum absolute atomic E-state index is 0. The molecule has 0 N–H and O–H groups in total. The Morgan fingerprint density at radius 1 is 0.591 bits per heavy atom. The number of hydrogen-bond acceptors (Lipinski definition) is 13. The molecule has 0 spiro atoms. The van der Waals surface area contributed by atoms with Crippen LogP contribution in [-0.2, 0) is 35.9 Å². The zero-order valence-corrected chi connectivity index (χ0v) is 15.9. The van der Waals surface area contributed by atoms with E-state index in [1.807, 2.05) is 13.8 Å². The van der Waals surface area contributed by atoms with Crippen molar-refractivity contribution in [1.29, 1.82) is 0 Å². The Hall–Kier alpha value is 0.635. The standard InChI is InChI=1S/C4H10O.2Al.3H2O4S/c1-3-5-4-2;;;3*1-5(2,3)4/h3-4H2,1-2H3;;;3*(H2,1,2,3,4)/q;2*+3;;;/p-6. The van der Waals surface area contributed by atoms with Gasteiger partial charge in [0.15, 0.2) is 0 Å². The van der Waals surface area contributed by atoms with Crippen molar-refractivity contribution in [2.24, 2.45) is 0 Å². The zero-order chi connectivity index (χ0) is 17.6. The summed E-state index contributed by atoms with van der Waals surface area (Å²) in [6.45, 7) is 5.67. The smallest absolute Gasteiger partial charge is 0.759 e. The molecule has 0 aromatic carbocycles. The van der Waals surface area contributed by atoms with Gasteiger partial charge in [-0.25, -0.2) is 0 Å². The van der Waals surface area contributed by atoms with Crippen molar-refractivity contribution in [2.75, 3.05) is 13.2 Å². The van der Waals surface area contributed by atoms with Crippen LogP contribution < -0.4 is 0 Å². The summed E-state index contributed by atoms with van der Waals surface area (Å²) in [5.74, 6) is 0. The first-order valence-electron chi connectivity index (χ1n) is 3.99. The first-order valence-corrected chi connectivity index (χ1v) is 7.99. The fraction of sp³-hybridized carbons (Fsp3) is 1.00. The van der Waals surface area contributed by atoms with Crippen LogP contribution in [0.5, 0.6) is 0 Å². The van der Waals surface area contributed by atoms with Gasteiger partial charge >= 0.3 is 34.7 Å². The van der Waals surface area contributed by atoms with Crippen molar-refractivity contribution in [3.05, 3.63) is 0 Å². The normalized spacial score (nSPS) is 9.82. The predicted octanol–water partition coefficient (Wildman–Crippen LogP) is -3.73. The molecule has 0 aliphatic rings. The molecule has 0 heterocycles. The van der Waals surface area contributed by atoms with Crippen LogP contribution in [0.2, 0.25) is 0 Å². The molecule has 0 atom stereocenters. The molecule has 0 unspecified atom stereocenters. The Bertz CT molecular complexity index is 396. The quantitative estimate of drug-likeness (QED) is 0.238. The molecular formula is C4H10Al2O13S3. The Kier molecular flexibility index (Phi) is 34.3. The Balaban J connectivity index is -0.0000000376. The van der Waals surface area contributed by atoms with E-state index in [-0.39, 0.29) is 34.7 Å². The summed E-state index contributed by atoms with van der Waals surface area (Å²) < 4.78 is 107. The van der Waals surface area contributed by atoms with E-state index in [9.17, 15) is 0 Å². The molecule has 128 valence electrons. The second-order valence-electron chi connectivity index (χ2n) is 2.01. The summed E-state index contributed by atoms with van der Waals surface area (Å²) in [7, 11) is -15.5. The summed E-state index contributed by atoms with van der Waals surface area (Å²) in [5, 5.41) is 0. The van der Waals surface area contributed by atoms with E-state index in [1.54, 1.807) is 0 Å². The third kappa shape index (κ3) is 1150. The summed E-state index contributed by atoms with van der Waals surface area (Å²) in [6, 6.07) is 0. The van der Waals surface area contributed by atoms with Gasteiger partial charge in [-0.15, -0.1) is 0 Å². The molecule has 0 aromatic rings. The van der Waals surface area contributed by atoms with Crippen molar-refractivity contribution >= 4 is 65.9 Å². The summed E-state index contributed by atoms with van der Waals surface area (Å²) in [6.07, 6.45) is 0. The van der Waals surface area contributed by atoms with E-state index < -0.39 is 31.2 Å². The van der Waals surface area contributed by atoms with Gasteiger partial charge in [0.2, 0.25) is 0 Å². The topological polar surface area (TPSA) is 250 Å². The molecule has 0 fully saturated rings. The van der Waals surface area contributed by atoms with E-state index in [1.165, 1.54) is 0 Å². The van der Waals surface area contributed by atoms with Crippen LogP contribution in [-0.4, -0.2) is 101 Å². The van der Waals surface area contributed by atoms with Gasteiger partial charge in [0, 0.05) is 44.4 Å². The number of rotatable bonds is 2. The monoisotopic (exact) mass is 416 g/mol. The minimum atomic E-state index is -5.17. The minimum Gasteiger partial charge on any atom is -0.759 e. The predicted molar refractivity (Wildman–Crippen MR) is 65.1 cm³/mol. The van der Waals surface area contributed by atoms with E-state index >= 15 is 0 Å². The van der Waals surface area contributed by atoms with Crippen molar-refractivity contribution < 1.29 is 57.3 Å². The van der Waals surface area contributed by atoms with Crippen molar-refractivity contribution in [3.63, 3.8) is 0 Å². The van der Waals surface area contributed by atoms with E-state index in [0.717, 1.165) is 13.2 Å². The van der Waals surface area contributed by atoms with Crippen molar-refractivity contribution in [1.82, 2.24) is 0 Å². The first kappa shape index (κ1) is 38.3. The van der Waals surface area contributed by atoms with Crippen LogP contribution in [0.15, 0.2) is 0 Å². The van der Waals surface area contributed by atoms with Gasteiger partial charge in [-0.1, -0.05) is 0 Å². The fourth-order valence-corrected chi connectivity index (χ4v) is 0.204. The van der Waals surface area contributed by atoms with Crippen molar-refractivity contribution in [2.45, 2.75) is 13.8 Å². The molecule has 13 nitrogen and oxygen atoms in total. The largest absolute Gasteiger partial charge is 3.00 e. The molecule has 0 aliphatic heterocycles. The van der Waals surface area contributed by atoms with E-state index in [4.69, 9.17) is 57.3 Å². The third-order valence-electron chi connectivity index (χ3n) is 0.408. The van der Waals surface area contributed by atoms with Gasteiger partial charge in [0.25, 0.3) is 0 Å². The summed E-state index contributed by atoms with van der Waals surface area (Å²) in [5.41, 5.74) is 0. The second kappa shape index (κ2) is 19.7. The van der Waals surface area contributed by atoms with Gasteiger partial charge in [0.1, 0.15) is 0 Å². The van der Waals surface area contributed by atoms with Crippen LogP contribution in [0.25, 0.3) is 0 Å². The van der Waals surface area contributed by atoms with Gasteiger partial charge in [-0.05, 0) is 13.8 Å². The average molecular weight is 416 g/mol. The molecule has 0 saturated carbocycles. The average Bonchev–Trinajstić information content (AvgIpc) is 1.94. The van der Waals surface area contributed by atoms with Crippen LogP contribution in [0.1, 0.15) is 13.8 Å². The van der Waals surface area contributed by atoms with Crippen LogP contribution in [0.3, 0.4) is 0 Å². The van der Waals surface area contributed by atoms with Gasteiger partial charge in [-0.3, -0.25) is 25.3 Å². The second-order valence-corrected chi connectivity index (χ2v) is 4.46. The molecule has 22 heavy (non-hydrogen) atoms. The Morgan fingerprint density at radius 3 is 0.682 bits per heavy atom. The van der Waals surface area contributed by atoms with Gasteiger partial charge in [-0.2, -0.15) is 0 Å². The summed E-state index contributed by atoms with van der Waals surface area (Å²) in [4.78, 5) is 0. The zero-order valence-electron chi connectivity index (χ0n) is 11.1. The van der Waals surface area contributed by atoms with Crippen molar-refractivity contribution in [3.8, 4) is 0 Å². The maximum atomic E-state index is 8.52. The molecule has 0 aliphatic carbocycles. The first-order chi connectivity index (χ1) is 8.41. The Morgan fingerprint density at radius 2 is 0.682 bits per heavy atom. The van der Waals surface area contributed by atoms with Gasteiger partial charge < -0.3 is 32.1 Å². The molecule has 0 rings (SSSR count). The van der Waals surface area contributed by atoms with Crippen LogP contribution in [0.4, 0.5) is 0 Å². The molecule has 0 amide bonds. The number of hydrogen-bond donors (Lipinski definition) is 0. The molecule has 0 bridgehead atoms. The fourth-order valence-electron chi connectivity index (χ4n) is 0.204. The number of ether oxygens (including phenoxy) is 1. The molecule has 0 radical (unpaired) electrons.